The van der Waals surface area contributed by atoms with Gasteiger partial charge in [-0.05, 0) is 41.3 Å². The van der Waals surface area contributed by atoms with E-state index in [9.17, 15) is 0 Å². The minimum absolute atomic E-state index is 0. The van der Waals surface area contributed by atoms with Crippen molar-refractivity contribution < 1.29 is 1.43 Å². The molecule has 25 heavy (non-hydrogen) atoms. The number of benzene rings is 2. The van der Waals surface area contributed by atoms with Gasteiger partial charge in [0, 0.05) is 18.9 Å². The zero-order chi connectivity index (χ0) is 17.9. The predicted octanol–water partition coefficient (Wildman–Crippen LogP) is 5.30. The second-order valence-corrected chi connectivity index (χ2v) is 6.91. The first-order valence-corrected chi connectivity index (χ1v) is 8.17. The number of nitrogens with zero attached hydrogens (tertiary/aromatic N) is 3. The van der Waals surface area contributed by atoms with Crippen LogP contribution < -0.4 is 5.32 Å². The molecule has 0 amide bonds. The Morgan fingerprint density at radius 3 is 2.48 bits per heavy atom. The topological polar surface area (TPSA) is 61.6 Å². The first-order valence-electron chi connectivity index (χ1n) is 8.17. The Morgan fingerprint density at radius 1 is 1.04 bits per heavy atom. The Labute approximate surface area is 149 Å². The van der Waals surface area contributed by atoms with Crippen LogP contribution in [-0.4, -0.2) is 9.97 Å². The van der Waals surface area contributed by atoms with Crippen LogP contribution >= 0.6 is 0 Å². The molecule has 0 unspecified atom stereocenters. The zero-order valence-electron chi connectivity index (χ0n) is 14.6. The van der Waals surface area contributed by atoms with Crippen molar-refractivity contribution in [2.45, 2.75) is 26.2 Å². The molecular weight excluding hydrogens is 308 g/mol. The number of nitriles is 1. The van der Waals surface area contributed by atoms with E-state index >= 15 is 0 Å². The van der Waals surface area contributed by atoms with Crippen LogP contribution in [0.2, 0.25) is 0 Å². The fourth-order valence-electron chi connectivity index (χ4n) is 2.51. The fourth-order valence-corrected chi connectivity index (χ4v) is 2.51. The van der Waals surface area contributed by atoms with Crippen LogP contribution in [-0.2, 0) is 5.41 Å². The van der Waals surface area contributed by atoms with Crippen molar-refractivity contribution in [1.82, 2.24) is 9.97 Å². The molecule has 1 heterocycles. The van der Waals surface area contributed by atoms with Crippen molar-refractivity contribution in [3.63, 3.8) is 0 Å². The molecular formula is C21H22N4. The van der Waals surface area contributed by atoms with Crippen LogP contribution in [0.3, 0.4) is 0 Å². The molecule has 3 aromatic rings. The summed E-state index contributed by atoms with van der Waals surface area (Å²) in [5.74, 6) is 0.531. The van der Waals surface area contributed by atoms with Crippen LogP contribution in [0.25, 0.3) is 11.3 Å². The highest BCUT2D eigenvalue weighted by molar-refractivity contribution is 5.63. The van der Waals surface area contributed by atoms with Gasteiger partial charge in [-0.3, -0.25) is 0 Å². The lowest BCUT2D eigenvalue weighted by Gasteiger charge is -2.19. The normalized spacial score (nSPS) is 11.0. The Kier molecular flexibility index (Phi) is 4.49. The predicted molar refractivity (Wildman–Crippen MR) is 103 cm³/mol. The van der Waals surface area contributed by atoms with E-state index in [-0.39, 0.29) is 6.84 Å². The van der Waals surface area contributed by atoms with Crippen LogP contribution in [0.15, 0.2) is 60.8 Å². The van der Waals surface area contributed by atoms with Crippen LogP contribution in [0.1, 0.15) is 33.3 Å². The standard InChI is InChI=1S/C21H20N4.H2/c1-21(2,3)17-7-9-18(10-8-17)24-20-23-12-11-19(25-20)16-6-4-5-15(13-16)14-22;/h4-13H,1-3H3,(H,23,24,25);1H. The van der Waals surface area contributed by atoms with E-state index in [0.717, 1.165) is 16.9 Å². The maximum atomic E-state index is 9.04. The summed E-state index contributed by atoms with van der Waals surface area (Å²) < 4.78 is 0. The van der Waals surface area contributed by atoms with E-state index in [4.69, 9.17) is 5.26 Å². The summed E-state index contributed by atoms with van der Waals surface area (Å²) in [6, 6.07) is 19.7. The zero-order valence-corrected chi connectivity index (χ0v) is 14.6. The molecule has 1 N–H and O–H groups in total. The van der Waals surface area contributed by atoms with Gasteiger partial charge in [-0.15, -0.1) is 0 Å². The van der Waals surface area contributed by atoms with Gasteiger partial charge in [0.1, 0.15) is 0 Å². The monoisotopic (exact) mass is 330 g/mol. The Balaban J connectivity index is 0.00000243. The van der Waals surface area contributed by atoms with Crippen LogP contribution in [0, 0.1) is 11.3 Å². The minimum atomic E-state index is 0. The summed E-state index contributed by atoms with van der Waals surface area (Å²) in [7, 11) is 0. The van der Waals surface area contributed by atoms with Gasteiger partial charge in [0.05, 0.1) is 17.3 Å². The lowest BCUT2D eigenvalue weighted by atomic mass is 9.87. The number of hydrogen-bond donors (Lipinski definition) is 1. The molecule has 2 aromatic carbocycles. The molecule has 4 heteroatoms. The summed E-state index contributed by atoms with van der Waals surface area (Å²) in [6.45, 7) is 6.58. The molecule has 0 aliphatic heterocycles. The minimum Gasteiger partial charge on any atom is -0.324 e. The quantitative estimate of drug-likeness (QED) is 0.707. The molecule has 0 saturated carbocycles. The van der Waals surface area contributed by atoms with Gasteiger partial charge in [-0.1, -0.05) is 45.0 Å². The highest BCUT2D eigenvalue weighted by Gasteiger charge is 2.13. The molecule has 3 rings (SSSR count). The number of rotatable bonds is 3. The highest BCUT2D eigenvalue weighted by atomic mass is 15.1. The Morgan fingerprint density at radius 2 is 1.80 bits per heavy atom. The first-order chi connectivity index (χ1) is 12.0. The lowest BCUT2D eigenvalue weighted by molar-refractivity contribution is 0.590. The molecule has 0 radical (unpaired) electrons. The SMILES string of the molecule is CC(C)(C)c1ccc(Nc2nccc(-c3cccc(C#N)c3)n2)cc1.[HH]. The van der Waals surface area contributed by atoms with Crippen molar-refractivity contribution >= 4 is 11.6 Å². The third kappa shape index (κ3) is 4.02. The molecule has 0 aliphatic carbocycles. The molecule has 0 bridgehead atoms. The number of aromatic nitrogens is 2. The third-order valence-electron chi connectivity index (χ3n) is 3.95. The summed E-state index contributed by atoms with van der Waals surface area (Å²) in [4.78, 5) is 8.84. The molecule has 0 spiro atoms. The Hall–Kier alpha value is -3.19. The molecule has 126 valence electrons. The number of nitrogens with one attached hydrogen (secondary N) is 1. The van der Waals surface area contributed by atoms with Gasteiger partial charge in [0.15, 0.2) is 0 Å². The maximum absolute atomic E-state index is 9.04. The van der Waals surface area contributed by atoms with Gasteiger partial charge >= 0.3 is 0 Å². The van der Waals surface area contributed by atoms with Crippen molar-refractivity contribution in [1.29, 1.82) is 5.26 Å². The van der Waals surface area contributed by atoms with Crippen molar-refractivity contribution in [3.8, 4) is 17.3 Å². The molecule has 0 fully saturated rings. The fraction of sp³-hybridized carbons (Fsp3) is 0.190. The average Bonchev–Trinajstić information content (AvgIpc) is 2.62. The molecule has 1 aromatic heterocycles. The smallest absolute Gasteiger partial charge is 0.227 e. The van der Waals surface area contributed by atoms with E-state index < -0.39 is 0 Å². The maximum Gasteiger partial charge on any atom is 0.227 e. The molecule has 4 nitrogen and oxygen atoms in total. The van der Waals surface area contributed by atoms with E-state index in [1.807, 2.05) is 36.4 Å². The molecule has 0 saturated heterocycles. The lowest BCUT2D eigenvalue weighted by Crippen LogP contribution is -2.10. The number of hydrogen-bond acceptors (Lipinski definition) is 4. The molecule has 0 aliphatic rings. The van der Waals surface area contributed by atoms with Gasteiger partial charge < -0.3 is 5.32 Å². The van der Waals surface area contributed by atoms with Gasteiger partial charge in [-0.2, -0.15) is 5.26 Å². The number of anilines is 2. The summed E-state index contributed by atoms with van der Waals surface area (Å²) in [5, 5.41) is 12.3. The summed E-state index contributed by atoms with van der Waals surface area (Å²) in [6.07, 6.45) is 1.72. The van der Waals surface area contributed by atoms with Gasteiger partial charge in [0.2, 0.25) is 5.95 Å². The van der Waals surface area contributed by atoms with E-state index in [1.54, 1.807) is 12.3 Å². The van der Waals surface area contributed by atoms with Crippen LogP contribution in [0.5, 0.6) is 0 Å². The third-order valence-corrected chi connectivity index (χ3v) is 3.95. The van der Waals surface area contributed by atoms with E-state index in [2.05, 4.69) is 54.3 Å². The summed E-state index contributed by atoms with van der Waals surface area (Å²) in [5.41, 5.74) is 4.63. The van der Waals surface area contributed by atoms with Crippen molar-refractivity contribution in [3.05, 3.63) is 71.9 Å². The molecule has 0 atom stereocenters. The van der Waals surface area contributed by atoms with E-state index in [1.165, 1.54) is 5.56 Å². The largest absolute Gasteiger partial charge is 0.324 e. The van der Waals surface area contributed by atoms with Crippen molar-refractivity contribution in [2.24, 2.45) is 0 Å². The highest BCUT2D eigenvalue weighted by Crippen LogP contribution is 2.25. The van der Waals surface area contributed by atoms with Crippen molar-refractivity contribution in [2.75, 3.05) is 5.32 Å². The second kappa shape index (κ2) is 6.74. The summed E-state index contributed by atoms with van der Waals surface area (Å²) >= 11 is 0. The second-order valence-electron chi connectivity index (χ2n) is 6.91. The van der Waals surface area contributed by atoms with Crippen LogP contribution in [0.4, 0.5) is 11.6 Å². The van der Waals surface area contributed by atoms with Gasteiger partial charge in [0.25, 0.3) is 0 Å². The average molecular weight is 330 g/mol. The van der Waals surface area contributed by atoms with Gasteiger partial charge in [-0.25, -0.2) is 9.97 Å². The Bertz CT molecular complexity index is 922. The first kappa shape index (κ1) is 16.7. The van der Waals surface area contributed by atoms with E-state index in [0.29, 0.717) is 11.5 Å².